The molecule has 0 aromatic heterocycles. The monoisotopic (exact) mass is 113 g/mol. The maximum atomic E-state index is 9.70. The van der Waals surface area contributed by atoms with E-state index in [1.807, 2.05) is 6.29 Å². The van der Waals surface area contributed by atoms with Gasteiger partial charge in [0.05, 0.1) is 0 Å². The second-order valence-electron chi connectivity index (χ2n) is 2.20. The van der Waals surface area contributed by atoms with Crippen molar-refractivity contribution >= 4 is 6.29 Å². The van der Waals surface area contributed by atoms with Gasteiger partial charge in [-0.1, -0.05) is 20.3 Å². The van der Waals surface area contributed by atoms with Crippen molar-refractivity contribution in [3.63, 3.8) is 0 Å². The maximum absolute atomic E-state index is 9.70. The summed E-state index contributed by atoms with van der Waals surface area (Å²) in [5.74, 6) is 0.691. The molecule has 0 unspecified atom stereocenters. The van der Waals surface area contributed by atoms with E-state index in [1.54, 1.807) is 0 Å². The molecule has 0 saturated heterocycles. The highest BCUT2D eigenvalue weighted by molar-refractivity contribution is 5.50. The summed E-state index contributed by atoms with van der Waals surface area (Å²) in [6, 6.07) is 0. The van der Waals surface area contributed by atoms with Crippen molar-refractivity contribution < 1.29 is 4.79 Å². The first kappa shape index (κ1) is 7.67. The summed E-state index contributed by atoms with van der Waals surface area (Å²) >= 11 is 0. The van der Waals surface area contributed by atoms with Crippen LogP contribution in [-0.4, -0.2) is 6.29 Å². The normalized spacial score (nSPS) is 13.2. The number of rotatable bonds is 4. The Morgan fingerprint density at radius 1 is 1.62 bits per heavy atom. The van der Waals surface area contributed by atoms with E-state index in [0.717, 1.165) is 6.42 Å². The van der Waals surface area contributed by atoms with Gasteiger partial charge in [0.25, 0.3) is 0 Å². The van der Waals surface area contributed by atoms with E-state index in [1.165, 1.54) is 6.42 Å². The Labute approximate surface area is 51.1 Å². The highest BCUT2D eigenvalue weighted by Gasteiger charge is 1.95. The van der Waals surface area contributed by atoms with Crippen molar-refractivity contribution in [1.29, 1.82) is 0 Å². The molecule has 1 atom stereocenters. The predicted octanol–water partition coefficient (Wildman–Crippen LogP) is 1.92. The molecule has 0 aliphatic heterocycles. The largest absolute Gasteiger partial charge is 0.291 e. The zero-order chi connectivity index (χ0) is 6.41. The van der Waals surface area contributed by atoms with Gasteiger partial charge in [-0.25, -0.2) is 0 Å². The van der Waals surface area contributed by atoms with E-state index in [2.05, 4.69) is 13.8 Å². The van der Waals surface area contributed by atoms with Crippen LogP contribution in [0.3, 0.4) is 0 Å². The molecule has 0 saturated carbocycles. The molecule has 0 aromatic carbocycles. The smallest absolute Gasteiger partial charge is 0.198 e. The molecule has 0 spiro atoms. The van der Waals surface area contributed by atoms with Gasteiger partial charge in [0.15, 0.2) is 6.29 Å². The summed E-state index contributed by atoms with van der Waals surface area (Å²) in [4.78, 5) is 9.70. The summed E-state index contributed by atoms with van der Waals surface area (Å²) in [7, 11) is 0. The highest BCUT2D eigenvalue weighted by atomic mass is 16.1. The SMILES string of the molecule is CC[C@H](C)CC[C]=O. The van der Waals surface area contributed by atoms with Crippen molar-refractivity contribution in [2.45, 2.75) is 33.1 Å². The van der Waals surface area contributed by atoms with Crippen molar-refractivity contribution in [3.8, 4) is 0 Å². The fraction of sp³-hybridized carbons (Fsp3) is 0.857. The van der Waals surface area contributed by atoms with Gasteiger partial charge in [-0.3, -0.25) is 4.79 Å². The average molecular weight is 113 g/mol. The standard InChI is InChI=1S/C7H13O/c1-3-7(2)5-4-6-8/h7H,3-5H2,1-2H3/t7-/m0/s1. The van der Waals surface area contributed by atoms with Crippen molar-refractivity contribution in [3.05, 3.63) is 0 Å². The summed E-state index contributed by atoms with van der Waals surface area (Å²) < 4.78 is 0. The number of hydrogen-bond donors (Lipinski definition) is 0. The van der Waals surface area contributed by atoms with Crippen LogP contribution in [0.2, 0.25) is 0 Å². The van der Waals surface area contributed by atoms with Crippen LogP contribution in [0.1, 0.15) is 33.1 Å². The van der Waals surface area contributed by atoms with Gasteiger partial charge >= 0.3 is 0 Å². The topological polar surface area (TPSA) is 17.1 Å². The Bertz CT molecular complexity index is 59.4. The van der Waals surface area contributed by atoms with E-state index < -0.39 is 0 Å². The molecule has 1 radical (unpaired) electrons. The Hall–Kier alpha value is -0.330. The van der Waals surface area contributed by atoms with Gasteiger partial charge in [0.1, 0.15) is 0 Å². The fourth-order valence-electron chi connectivity index (χ4n) is 0.509. The first-order valence-corrected chi connectivity index (χ1v) is 3.16. The van der Waals surface area contributed by atoms with Gasteiger partial charge in [-0.15, -0.1) is 0 Å². The fourth-order valence-corrected chi connectivity index (χ4v) is 0.509. The molecule has 0 N–H and O–H groups in total. The van der Waals surface area contributed by atoms with Crippen molar-refractivity contribution in [2.24, 2.45) is 5.92 Å². The zero-order valence-corrected chi connectivity index (χ0v) is 5.61. The minimum Gasteiger partial charge on any atom is -0.291 e. The summed E-state index contributed by atoms with van der Waals surface area (Å²) in [6.45, 7) is 4.28. The van der Waals surface area contributed by atoms with Gasteiger partial charge in [-0.05, 0) is 12.3 Å². The van der Waals surface area contributed by atoms with Gasteiger partial charge in [-0.2, -0.15) is 0 Å². The maximum Gasteiger partial charge on any atom is 0.198 e. The first-order chi connectivity index (χ1) is 3.81. The lowest BCUT2D eigenvalue weighted by atomic mass is 10.0. The third kappa shape index (κ3) is 3.85. The third-order valence-corrected chi connectivity index (χ3v) is 1.44. The Morgan fingerprint density at radius 2 is 2.25 bits per heavy atom. The number of hydrogen-bond acceptors (Lipinski definition) is 1. The Balaban J connectivity index is 2.97. The van der Waals surface area contributed by atoms with E-state index >= 15 is 0 Å². The molecule has 0 heterocycles. The molecule has 0 aliphatic rings. The molecule has 0 amide bonds. The van der Waals surface area contributed by atoms with Crippen LogP contribution in [0.4, 0.5) is 0 Å². The van der Waals surface area contributed by atoms with E-state index in [9.17, 15) is 4.79 Å². The average Bonchev–Trinajstić information content (AvgIpc) is 1.83. The van der Waals surface area contributed by atoms with Crippen molar-refractivity contribution in [1.82, 2.24) is 0 Å². The first-order valence-electron chi connectivity index (χ1n) is 3.16. The van der Waals surface area contributed by atoms with Gasteiger partial charge in [0.2, 0.25) is 0 Å². The molecular weight excluding hydrogens is 100 g/mol. The predicted molar refractivity (Wildman–Crippen MR) is 34.4 cm³/mol. The quantitative estimate of drug-likeness (QED) is 0.544. The summed E-state index contributed by atoms with van der Waals surface area (Å²) in [5, 5.41) is 0. The molecule has 0 aliphatic carbocycles. The Kier molecular flexibility index (Phi) is 4.62. The third-order valence-electron chi connectivity index (χ3n) is 1.44. The summed E-state index contributed by atoms with van der Waals surface area (Å²) in [6.07, 6.45) is 4.66. The molecule has 8 heavy (non-hydrogen) atoms. The molecule has 0 rings (SSSR count). The second-order valence-corrected chi connectivity index (χ2v) is 2.20. The minimum absolute atomic E-state index is 0.606. The van der Waals surface area contributed by atoms with Crippen molar-refractivity contribution in [2.75, 3.05) is 0 Å². The second kappa shape index (κ2) is 4.82. The van der Waals surface area contributed by atoms with Gasteiger partial charge in [0, 0.05) is 6.42 Å². The van der Waals surface area contributed by atoms with Crippen LogP contribution in [-0.2, 0) is 4.79 Å². The van der Waals surface area contributed by atoms with Crippen LogP contribution in [0.15, 0.2) is 0 Å². The van der Waals surface area contributed by atoms with E-state index in [4.69, 9.17) is 0 Å². The minimum atomic E-state index is 0.606. The lowest BCUT2D eigenvalue weighted by molar-refractivity contribution is 0.503. The zero-order valence-electron chi connectivity index (χ0n) is 5.61. The van der Waals surface area contributed by atoms with Crippen LogP contribution in [0, 0.1) is 5.92 Å². The van der Waals surface area contributed by atoms with Crippen LogP contribution in [0.25, 0.3) is 0 Å². The van der Waals surface area contributed by atoms with Gasteiger partial charge < -0.3 is 0 Å². The molecule has 0 bridgehead atoms. The molecule has 0 aromatic rings. The van der Waals surface area contributed by atoms with E-state index in [-0.39, 0.29) is 0 Å². The molecule has 47 valence electrons. The van der Waals surface area contributed by atoms with E-state index in [0.29, 0.717) is 12.3 Å². The lowest BCUT2D eigenvalue weighted by Gasteiger charge is -2.01. The highest BCUT2D eigenvalue weighted by Crippen LogP contribution is 2.06. The molecular formula is C7H13O. The van der Waals surface area contributed by atoms with Crippen LogP contribution >= 0.6 is 0 Å². The molecule has 1 heteroatoms. The van der Waals surface area contributed by atoms with Crippen LogP contribution < -0.4 is 0 Å². The molecule has 0 fully saturated rings. The van der Waals surface area contributed by atoms with Crippen LogP contribution in [0.5, 0.6) is 0 Å². The summed E-state index contributed by atoms with van der Waals surface area (Å²) in [5.41, 5.74) is 0. The molecule has 1 nitrogen and oxygen atoms in total. The number of carbonyl (C=O) groups excluding carboxylic acids is 1. The Morgan fingerprint density at radius 3 is 2.62 bits per heavy atom. The lowest BCUT2D eigenvalue weighted by Crippen LogP contribution is -1.90.